The van der Waals surface area contributed by atoms with E-state index in [0.717, 1.165) is 0 Å². The largest absolute Gasteiger partial charge is 0.341 e. The summed E-state index contributed by atoms with van der Waals surface area (Å²) in [5.41, 5.74) is -0.385. The van der Waals surface area contributed by atoms with Gasteiger partial charge in [0, 0.05) is 38.6 Å². The van der Waals surface area contributed by atoms with Crippen LogP contribution in [0.5, 0.6) is 0 Å². The van der Waals surface area contributed by atoms with Crippen molar-refractivity contribution in [1.29, 1.82) is 0 Å². The number of rotatable bonds is 2. The lowest BCUT2D eigenvalue weighted by atomic mass is 9.94. The predicted molar refractivity (Wildman–Crippen MR) is 79.7 cm³/mol. The first-order chi connectivity index (χ1) is 9.66. The van der Waals surface area contributed by atoms with E-state index in [4.69, 9.17) is 0 Å². The molecular weight excluding hydrogens is 272 g/mol. The molecule has 7 heteroatoms. The first kappa shape index (κ1) is 17.4. The van der Waals surface area contributed by atoms with Crippen molar-refractivity contribution in [2.45, 2.75) is 33.7 Å². The Morgan fingerprint density at radius 1 is 1.05 bits per heavy atom. The highest BCUT2D eigenvalue weighted by molar-refractivity contribution is 5.96. The highest BCUT2D eigenvalue weighted by atomic mass is 16.2. The van der Waals surface area contributed by atoms with Crippen molar-refractivity contribution in [3.63, 3.8) is 0 Å². The van der Waals surface area contributed by atoms with E-state index in [1.807, 2.05) is 30.6 Å². The molecule has 1 aliphatic rings. The van der Waals surface area contributed by atoms with Gasteiger partial charge in [-0.2, -0.15) is 0 Å². The molecule has 0 aromatic heterocycles. The fourth-order valence-electron chi connectivity index (χ4n) is 2.23. The van der Waals surface area contributed by atoms with E-state index in [1.165, 1.54) is 7.05 Å². The van der Waals surface area contributed by atoms with E-state index in [-0.39, 0.29) is 17.2 Å². The van der Waals surface area contributed by atoms with Crippen molar-refractivity contribution in [3.8, 4) is 0 Å². The van der Waals surface area contributed by atoms with E-state index in [0.29, 0.717) is 26.2 Å². The number of urea groups is 1. The second-order valence-corrected chi connectivity index (χ2v) is 6.32. The lowest BCUT2D eigenvalue weighted by molar-refractivity contribution is -0.141. The number of hydrogen-bond acceptors (Lipinski definition) is 4. The molecule has 0 aromatic rings. The molecule has 0 spiro atoms. The lowest BCUT2D eigenvalue weighted by Gasteiger charge is -2.39. The van der Waals surface area contributed by atoms with E-state index in [1.54, 1.807) is 6.92 Å². The fourth-order valence-corrected chi connectivity index (χ4v) is 2.23. The minimum atomic E-state index is -0.506. The van der Waals surface area contributed by atoms with Crippen LogP contribution in [0.4, 0.5) is 4.79 Å². The number of amides is 4. The van der Waals surface area contributed by atoms with Gasteiger partial charge in [-0.1, -0.05) is 20.8 Å². The molecule has 0 radical (unpaired) electrons. The molecule has 0 aliphatic carbocycles. The summed E-state index contributed by atoms with van der Waals surface area (Å²) in [6.45, 7) is 9.94. The van der Waals surface area contributed by atoms with Gasteiger partial charge in [0.15, 0.2) is 0 Å². The van der Waals surface area contributed by atoms with E-state index in [2.05, 4.69) is 10.6 Å². The van der Waals surface area contributed by atoms with E-state index < -0.39 is 12.1 Å². The number of piperazine rings is 1. The van der Waals surface area contributed by atoms with Gasteiger partial charge in [-0.25, -0.2) is 4.79 Å². The predicted octanol–water partition coefficient (Wildman–Crippen LogP) is 0.0208. The number of carbonyl (C=O) groups is 3. The first-order valence-electron chi connectivity index (χ1n) is 7.23. The van der Waals surface area contributed by atoms with Gasteiger partial charge in [0.05, 0.1) is 6.04 Å². The van der Waals surface area contributed by atoms with Crippen molar-refractivity contribution in [3.05, 3.63) is 0 Å². The molecule has 0 bridgehead atoms. The molecule has 1 aliphatic heterocycles. The van der Waals surface area contributed by atoms with Crippen molar-refractivity contribution < 1.29 is 14.4 Å². The molecular formula is C14H26N4O3. The molecule has 1 saturated heterocycles. The number of nitrogens with zero attached hydrogens (tertiary/aromatic N) is 2. The third-order valence-corrected chi connectivity index (χ3v) is 3.63. The summed E-state index contributed by atoms with van der Waals surface area (Å²) >= 11 is 0. The Hall–Kier alpha value is -1.63. The molecule has 1 fully saturated rings. The van der Waals surface area contributed by atoms with Crippen LogP contribution in [-0.4, -0.2) is 66.9 Å². The van der Waals surface area contributed by atoms with Gasteiger partial charge < -0.3 is 10.2 Å². The highest BCUT2D eigenvalue weighted by Crippen LogP contribution is 2.19. The SMILES string of the molecule is CNC(=O)NC(=O)C(C)N1CCN(C(=O)C(C)(C)C)CC1. The first-order valence-corrected chi connectivity index (χ1v) is 7.23. The summed E-state index contributed by atoms with van der Waals surface area (Å²) in [4.78, 5) is 39.0. The summed E-state index contributed by atoms with van der Waals surface area (Å²) < 4.78 is 0. The van der Waals surface area contributed by atoms with Gasteiger partial charge in [-0.15, -0.1) is 0 Å². The number of carbonyl (C=O) groups excluding carboxylic acids is 3. The van der Waals surface area contributed by atoms with Crippen molar-refractivity contribution >= 4 is 17.8 Å². The minimum absolute atomic E-state index is 0.129. The molecule has 120 valence electrons. The average Bonchev–Trinajstić information content (AvgIpc) is 2.44. The fraction of sp³-hybridized carbons (Fsp3) is 0.786. The Bertz CT molecular complexity index is 409. The molecule has 21 heavy (non-hydrogen) atoms. The Morgan fingerprint density at radius 3 is 2.00 bits per heavy atom. The van der Waals surface area contributed by atoms with Crippen molar-refractivity contribution in [2.75, 3.05) is 33.2 Å². The van der Waals surface area contributed by atoms with Gasteiger partial charge >= 0.3 is 6.03 Å². The maximum atomic E-state index is 12.2. The zero-order chi connectivity index (χ0) is 16.2. The average molecular weight is 298 g/mol. The summed E-state index contributed by atoms with van der Waals surface area (Å²) in [5, 5.41) is 4.62. The molecule has 1 unspecified atom stereocenters. The number of nitrogens with one attached hydrogen (secondary N) is 2. The normalized spacial score (nSPS) is 18.0. The van der Waals surface area contributed by atoms with Gasteiger partial charge in [0.1, 0.15) is 0 Å². The van der Waals surface area contributed by atoms with Crippen LogP contribution >= 0.6 is 0 Å². The standard InChI is InChI=1S/C14H26N4O3/c1-10(11(19)16-13(21)15-5)17-6-8-18(9-7-17)12(20)14(2,3)4/h10H,6-9H2,1-5H3,(H2,15,16,19,21). The summed E-state index contributed by atoms with van der Waals surface area (Å²) in [7, 11) is 1.46. The van der Waals surface area contributed by atoms with Crippen LogP contribution in [0, 0.1) is 5.41 Å². The third kappa shape index (κ3) is 4.70. The zero-order valence-electron chi connectivity index (χ0n) is 13.5. The Labute approximate surface area is 126 Å². The smallest absolute Gasteiger partial charge is 0.321 e. The van der Waals surface area contributed by atoms with Gasteiger partial charge in [0.25, 0.3) is 0 Å². The van der Waals surface area contributed by atoms with Crippen LogP contribution in [0.25, 0.3) is 0 Å². The molecule has 2 N–H and O–H groups in total. The molecule has 0 saturated carbocycles. The third-order valence-electron chi connectivity index (χ3n) is 3.63. The zero-order valence-corrected chi connectivity index (χ0v) is 13.5. The van der Waals surface area contributed by atoms with Crippen LogP contribution in [0.1, 0.15) is 27.7 Å². The van der Waals surface area contributed by atoms with Crippen LogP contribution in [0.2, 0.25) is 0 Å². The summed E-state index contributed by atoms with van der Waals surface area (Å²) in [6.07, 6.45) is 0. The van der Waals surface area contributed by atoms with E-state index in [9.17, 15) is 14.4 Å². The topological polar surface area (TPSA) is 81.8 Å². The molecule has 4 amide bonds. The maximum absolute atomic E-state index is 12.2. The summed E-state index contributed by atoms with van der Waals surface area (Å²) in [6, 6.07) is -0.900. The number of imide groups is 1. The quantitative estimate of drug-likeness (QED) is 0.753. The van der Waals surface area contributed by atoms with Gasteiger partial charge in [-0.05, 0) is 6.92 Å². The summed E-state index contributed by atoms with van der Waals surface area (Å²) in [5.74, 6) is -0.199. The van der Waals surface area contributed by atoms with Crippen LogP contribution < -0.4 is 10.6 Å². The minimum Gasteiger partial charge on any atom is -0.341 e. The molecule has 1 atom stereocenters. The van der Waals surface area contributed by atoms with Gasteiger partial charge in [-0.3, -0.25) is 19.8 Å². The Balaban J connectivity index is 2.51. The second-order valence-electron chi connectivity index (χ2n) is 6.32. The van der Waals surface area contributed by atoms with Crippen molar-refractivity contribution in [1.82, 2.24) is 20.4 Å². The highest BCUT2D eigenvalue weighted by Gasteiger charge is 2.32. The van der Waals surface area contributed by atoms with Crippen LogP contribution in [0.3, 0.4) is 0 Å². The van der Waals surface area contributed by atoms with E-state index >= 15 is 0 Å². The molecule has 1 rings (SSSR count). The molecule has 1 heterocycles. The number of hydrogen-bond donors (Lipinski definition) is 2. The Kier molecular flexibility index (Phi) is 5.71. The molecule has 0 aromatic carbocycles. The maximum Gasteiger partial charge on any atom is 0.321 e. The second kappa shape index (κ2) is 6.89. The lowest BCUT2D eigenvalue weighted by Crippen LogP contribution is -2.57. The monoisotopic (exact) mass is 298 g/mol. The van der Waals surface area contributed by atoms with Gasteiger partial charge in [0.2, 0.25) is 11.8 Å². The van der Waals surface area contributed by atoms with Crippen LogP contribution in [0.15, 0.2) is 0 Å². The Morgan fingerprint density at radius 2 is 1.57 bits per heavy atom. The molecule has 7 nitrogen and oxygen atoms in total. The van der Waals surface area contributed by atoms with Crippen molar-refractivity contribution in [2.24, 2.45) is 5.41 Å². The van der Waals surface area contributed by atoms with Crippen LogP contribution in [-0.2, 0) is 9.59 Å².